The van der Waals surface area contributed by atoms with E-state index in [1.54, 1.807) is 30.1 Å². The van der Waals surface area contributed by atoms with Crippen LogP contribution >= 0.6 is 11.6 Å². The number of nitrogens with zero attached hydrogens (tertiary/aromatic N) is 2. The van der Waals surface area contributed by atoms with E-state index in [1.807, 2.05) is 49.4 Å². The van der Waals surface area contributed by atoms with Crippen LogP contribution in [0.5, 0.6) is 0 Å². The number of nitrogens with two attached hydrogens (primary N) is 2. The SMILES string of the molecule is CCC(N=C(N)N)[C@@H]1N[C@@H](CNC(=O)Cc2cccc(Cl)c2)CCN([C@@H](Cc2ccc3ccccc3c2)C(=O)NC)C1=O. The number of likely N-dealkylation sites (N-methyl/N-ethyl adjacent to an activating group) is 1. The molecule has 1 heterocycles. The smallest absolute Gasteiger partial charge is 0.242 e. The second-order valence-electron chi connectivity index (χ2n) is 10.8. The summed E-state index contributed by atoms with van der Waals surface area (Å²) in [4.78, 5) is 46.2. The Hall–Kier alpha value is -4.15. The topological polar surface area (TPSA) is 155 Å². The van der Waals surface area contributed by atoms with Gasteiger partial charge in [-0.1, -0.05) is 73.1 Å². The number of benzene rings is 3. The number of halogens is 1. The van der Waals surface area contributed by atoms with Crippen molar-refractivity contribution in [3.63, 3.8) is 0 Å². The Labute approximate surface area is 257 Å². The number of amides is 3. The molecule has 1 unspecified atom stereocenters. The van der Waals surface area contributed by atoms with Crippen LogP contribution in [0.4, 0.5) is 0 Å². The average molecular weight is 606 g/mol. The Bertz CT molecular complexity index is 1480. The third-order valence-electron chi connectivity index (χ3n) is 7.77. The van der Waals surface area contributed by atoms with Gasteiger partial charge in [0.15, 0.2) is 5.96 Å². The molecule has 4 rings (SSSR count). The summed E-state index contributed by atoms with van der Waals surface area (Å²) in [6.45, 7) is 2.49. The van der Waals surface area contributed by atoms with Crippen molar-refractivity contribution in [2.24, 2.45) is 16.5 Å². The molecule has 11 heteroatoms. The van der Waals surface area contributed by atoms with Crippen molar-refractivity contribution < 1.29 is 14.4 Å². The molecule has 1 aliphatic rings. The standard InChI is InChI=1S/C32H40ClN7O3/c1-3-26(39-32(34)35)29-31(43)40(14-13-25(38-29)19-37-28(41)18-20-7-6-10-24(33)16-20)27(30(42)36-2)17-21-11-12-22-8-4-5-9-23(22)15-21/h4-12,15-16,25-27,29,38H,3,13-14,17-19H2,1-2H3,(H,36,42)(H,37,41)(H4,34,35,39)/t25-,26?,27+,29+/m1/s1. The van der Waals surface area contributed by atoms with Crippen LogP contribution < -0.4 is 27.4 Å². The van der Waals surface area contributed by atoms with Gasteiger partial charge in [0, 0.05) is 37.6 Å². The highest BCUT2D eigenvalue weighted by Crippen LogP contribution is 2.22. The fourth-order valence-corrected chi connectivity index (χ4v) is 5.78. The van der Waals surface area contributed by atoms with Gasteiger partial charge in [0.25, 0.3) is 0 Å². The molecule has 1 aliphatic heterocycles. The van der Waals surface area contributed by atoms with E-state index in [0.717, 1.165) is 21.9 Å². The summed E-state index contributed by atoms with van der Waals surface area (Å²) < 4.78 is 0. The molecule has 0 spiro atoms. The molecule has 0 saturated carbocycles. The predicted molar refractivity (Wildman–Crippen MR) is 171 cm³/mol. The van der Waals surface area contributed by atoms with Gasteiger partial charge in [-0.3, -0.25) is 19.7 Å². The van der Waals surface area contributed by atoms with Crippen molar-refractivity contribution in [3.8, 4) is 0 Å². The van der Waals surface area contributed by atoms with Crippen molar-refractivity contribution in [1.29, 1.82) is 0 Å². The van der Waals surface area contributed by atoms with Crippen LogP contribution in [0.15, 0.2) is 71.7 Å². The molecule has 3 aromatic carbocycles. The lowest BCUT2D eigenvalue weighted by molar-refractivity contribution is -0.141. The molecule has 0 bridgehead atoms. The fraction of sp³-hybridized carbons (Fsp3) is 0.375. The number of hydrogen-bond donors (Lipinski definition) is 5. The summed E-state index contributed by atoms with van der Waals surface area (Å²) in [5.41, 5.74) is 13.2. The normalized spacial score (nSPS) is 18.4. The zero-order valence-electron chi connectivity index (χ0n) is 24.6. The van der Waals surface area contributed by atoms with Crippen LogP contribution in [0.3, 0.4) is 0 Å². The van der Waals surface area contributed by atoms with Gasteiger partial charge >= 0.3 is 0 Å². The van der Waals surface area contributed by atoms with E-state index in [4.69, 9.17) is 23.1 Å². The van der Waals surface area contributed by atoms with Gasteiger partial charge < -0.3 is 27.0 Å². The van der Waals surface area contributed by atoms with E-state index in [2.05, 4.69) is 27.0 Å². The quantitative estimate of drug-likeness (QED) is 0.167. The molecule has 4 atom stereocenters. The van der Waals surface area contributed by atoms with Crippen molar-refractivity contribution in [2.75, 3.05) is 20.1 Å². The number of fused-ring (bicyclic) bond motifs is 1. The van der Waals surface area contributed by atoms with E-state index < -0.39 is 18.1 Å². The number of hydrogen-bond acceptors (Lipinski definition) is 5. The van der Waals surface area contributed by atoms with Crippen molar-refractivity contribution in [3.05, 3.63) is 82.9 Å². The summed E-state index contributed by atoms with van der Waals surface area (Å²) >= 11 is 6.07. The molecular formula is C32H40ClN7O3. The van der Waals surface area contributed by atoms with E-state index in [-0.39, 0.29) is 42.7 Å². The monoisotopic (exact) mass is 605 g/mol. The molecule has 7 N–H and O–H groups in total. The largest absolute Gasteiger partial charge is 0.370 e. The Kier molecular flexibility index (Phi) is 11.0. The Morgan fingerprint density at radius 1 is 1.07 bits per heavy atom. The van der Waals surface area contributed by atoms with Gasteiger partial charge in [-0.05, 0) is 46.9 Å². The zero-order chi connectivity index (χ0) is 30.9. The summed E-state index contributed by atoms with van der Waals surface area (Å²) in [6.07, 6.45) is 1.50. The van der Waals surface area contributed by atoms with Crippen molar-refractivity contribution >= 4 is 46.1 Å². The minimum Gasteiger partial charge on any atom is -0.370 e. The van der Waals surface area contributed by atoms with Crippen molar-refractivity contribution in [1.82, 2.24) is 20.9 Å². The van der Waals surface area contributed by atoms with Crippen LogP contribution in [-0.2, 0) is 27.2 Å². The van der Waals surface area contributed by atoms with Crippen molar-refractivity contribution in [2.45, 2.75) is 56.8 Å². The maximum atomic E-state index is 14.2. The van der Waals surface area contributed by atoms with E-state index >= 15 is 0 Å². The first-order valence-electron chi connectivity index (χ1n) is 14.5. The first kappa shape index (κ1) is 31.8. The maximum Gasteiger partial charge on any atom is 0.242 e. The number of nitrogens with one attached hydrogen (secondary N) is 3. The molecule has 1 fully saturated rings. The van der Waals surface area contributed by atoms with Gasteiger partial charge in [0.2, 0.25) is 17.7 Å². The van der Waals surface area contributed by atoms with Gasteiger partial charge in [-0.25, -0.2) is 4.99 Å². The highest BCUT2D eigenvalue weighted by molar-refractivity contribution is 6.30. The number of carbonyl (C=O) groups excluding carboxylic acids is 3. The molecule has 1 saturated heterocycles. The van der Waals surface area contributed by atoms with Gasteiger partial charge in [0.05, 0.1) is 12.5 Å². The Morgan fingerprint density at radius 2 is 1.84 bits per heavy atom. The average Bonchev–Trinajstić information content (AvgIpc) is 3.15. The lowest BCUT2D eigenvalue weighted by atomic mass is 9.98. The molecular weight excluding hydrogens is 566 g/mol. The summed E-state index contributed by atoms with van der Waals surface area (Å²) in [5.74, 6) is -0.811. The Balaban J connectivity index is 1.57. The second-order valence-corrected chi connectivity index (χ2v) is 11.3. The summed E-state index contributed by atoms with van der Waals surface area (Å²) in [5, 5.41) is 11.8. The van der Waals surface area contributed by atoms with E-state index in [9.17, 15) is 14.4 Å². The fourth-order valence-electron chi connectivity index (χ4n) is 5.56. The minimum absolute atomic E-state index is 0.123. The second kappa shape index (κ2) is 14.8. The number of carbonyl (C=O) groups is 3. The molecule has 10 nitrogen and oxygen atoms in total. The van der Waals surface area contributed by atoms with Crippen LogP contribution in [0.2, 0.25) is 5.02 Å². The number of rotatable bonds is 11. The highest BCUT2D eigenvalue weighted by Gasteiger charge is 2.40. The first-order valence-corrected chi connectivity index (χ1v) is 14.9. The Morgan fingerprint density at radius 3 is 2.53 bits per heavy atom. The van der Waals surface area contributed by atoms with Crippen LogP contribution in [0.25, 0.3) is 10.8 Å². The highest BCUT2D eigenvalue weighted by atomic mass is 35.5. The molecule has 0 aliphatic carbocycles. The summed E-state index contributed by atoms with van der Waals surface area (Å²) in [7, 11) is 1.57. The predicted octanol–water partition coefficient (Wildman–Crippen LogP) is 2.12. The van der Waals surface area contributed by atoms with Gasteiger partial charge in [0.1, 0.15) is 12.1 Å². The van der Waals surface area contributed by atoms with Crippen LogP contribution in [-0.4, -0.2) is 72.9 Å². The number of aliphatic imine (C=N–C) groups is 1. The minimum atomic E-state index is -0.798. The maximum absolute atomic E-state index is 14.2. The summed E-state index contributed by atoms with van der Waals surface area (Å²) in [6, 6.07) is 18.9. The third kappa shape index (κ3) is 8.46. The van der Waals surface area contributed by atoms with Crippen LogP contribution in [0.1, 0.15) is 30.9 Å². The van der Waals surface area contributed by atoms with E-state index in [1.165, 1.54) is 0 Å². The number of guanidine groups is 1. The molecule has 3 amide bonds. The molecule has 228 valence electrons. The first-order chi connectivity index (χ1) is 20.7. The van der Waals surface area contributed by atoms with Crippen LogP contribution in [0, 0.1) is 0 Å². The molecule has 43 heavy (non-hydrogen) atoms. The lowest BCUT2D eigenvalue weighted by Gasteiger charge is -2.33. The molecule has 3 aromatic rings. The third-order valence-corrected chi connectivity index (χ3v) is 8.00. The molecule has 0 radical (unpaired) electrons. The van der Waals surface area contributed by atoms with Gasteiger partial charge in [-0.2, -0.15) is 0 Å². The van der Waals surface area contributed by atoms with E-state index in [0.29, 0.717) is 30.8 Å². The lowest BCUT2D eigenvalue weighted by Crippen LogP contribution is -2.58. The zero-order valence-corrected chi connectivity index (χ0v) is 25.3. The molecule has 0 aromatic heterocycles. The van der Waals surface area contributed by atoms with Gasteiger partial charge in [-0.15, -0.1) is 0 Å².